The molecule has 0 spiro atoms. The largest absolute Gasteiger partial charge is 0.467 e. The predicted molar refractivity (Wildman–Crippen MR) is 68.2 cm³/mol. The number of carbonyl (C=O) groups is 1. The number of thiazole rings is 1. The van der Waals surface area contributed by atoms with Crippen LogP contribution >= 0.6 is 11.3 Å². The summed E-state index contributed by atoms with van der Waals surface area (Å²) in [5, 5.41) is 1.93. The molecule has 0 N–H and O–H groups in total. The van der Waals surface area contributed by atoms with Crippen LogP contribution in [0, 0.1) is 0 Å². The van der Waals surface area contributed by atoms with Gasteiger partial charge in [-0.3, -0.25) is 4.79 Å². The molecule has 1 aliphatic heterocycles. The zero-order valence-electron chi connectivity index (χ0n) is 9.91. The number of rotatable bonds is 3. The average molecular weight is 262 g/mol. The molecule has 0 unspecified atom stereocenters. The summed E-state index contributed by atoms with van der Waals surface area (Å²) in [4.78, 5) is 18.3. The molecule has 1 amide bonds. The molecule has 1 aliphatic rings. The lowest BCUT2D eigenvalue weighted by Gasteiger charge is -2.22. The molecule has 0 aliphatic carbocycles. The second kappa shape index (κ2) is 4.94. The summed E-state index contributed by atoms with van der Waals surface area (Å²) in [6.45, 7) is 0.814. The molecule has 0 aromatic carbocycles. The minimum absolute atomic E-state index is 0.103. The maximum atomic E-state index is 12.3. The molecule has 3 rings (SSSR count). The van der Waals surface area contributed by atoms with Crippen LogP contribution in [0.15, 0.2) is 33.7 Å². The second-order valence-electron chi connectivity index (χ2n) is 4.42. The van der Waals surface area contributed by atoms with Crippen molar-refractivity contribution in [3.05, 3.63) is 40.7 Å². The van der Waals surface area contributed by atoms with Crippen molar-refractivity contribution in [2.45, 2.75) is 25.3 Å². The molecule has 18 heavy (non-hydrogen) atoms. The van der Waals surface area contributed by atoms with E-state index in [9.17, 15) is 4.79 Å². The van der Waals surface area contributed by atoms with Crippen molar-refractivity contribution in [1.29, 1.82) is 0 Å². The van der Waals surface area contributed by atoms with Crippen molar-refractivity contribution in [2.75, 3.05) is 6.54 Å². The van der Waals surface area contributed by atoms with Crippen molar-refractivity contribution in [3.8, 4) is 0 Å². The fourth-order valence-electron chi connectivity index (χ4n) is 2.42. The predicted octanol–water partition coefficient (Wildman–Crippen LogP) is 2.64. The number of amides is 1. The summed E-state index contributed by atoms with van der Waals surface area (Å²) in [5.74, 6) is 1.03. The summed E-state index contributed by atoms with van der Waals surface area (Å²) in [6, 6.07) is 3.92. The van der Waals surface area contributed by atoms with Gasteiger partial charge in [0.15, 0.2) is 0 Å². The Hall–Kier alpha value is -1.62. The summed E-state index contributed by atoms with van der Waals surface area (Å²) >= 11 is 1.52. The van der Waals surface area contributed by atoms with Crippen molar-refractivity contribution in [1.82, 2.24) is 9.88 Å². The van der Waals surface area contributed by atoms with E-state index in [0.29, 0.717) is 6.42 Å². The first kappa shape index (κ1) is 11.5. The Morgan fingerprint density at radius 1 is 1.61 bits per heavy atom. The summed E-state index contributed by atoms with van der Waals surface area (Å²) in [6.07, 6.45) is 4.07. The van der Waals surface area contributed by atoms with Gasteiger partial charge in [0.2, 0.25) is 5.91 Å². The smallest absolute Gasteiger partial charge is 0.229 e. The van der Waals surface area contributed by atoms with Gasteiger partial charge in [0, 0.05) is 11.9 Å². The lowest BCUT2D eigenvalue weighted by molar-refractivity contribution is -0.131. The van der Waals surface area contributed by atoms with Crippen LogP contribution in [-0.2, 0) is 11.2 Å². The minimum atomic E-state index is 0.103. The highest BCUT2D eigenvalue weighted by molar-refractivity contribution is 7.07. The SMILES string of the molecule is O=C(Cc1cscn1)N1CCC[C@H]1c1ccco1. The fraction of sp³-hybridized carbons (Fsp3) is 0.385. The minimum Gasteiger partial charge on any atom is -0.467 e. The van der Waals surface area contributed by atoms with Crippen LogP contribution in [0.1, 0.15) is 30.3 Å². The molecule has 0 radical (unpaired) electrons. The lowest BCUT2D eigenvalue weighted by atomic mass is 10.1. The Morgan fingerprint density at radius 3 is 3.28 bits per heavy atom. The van der Waals surface area contributed by atoms with E-state index in [1.54, 1.807) is 11.8 Å². The molecule has 1 fully saturated rings. The van der Waals surface area contributed by atoms with E-state index in [1.807, 2.05) is 22.4 Å². The van der Waals surface area contributed by atoms with Gasteiger partial charge in [0.05, 0.1) is 29.9 Å². The van der Waals surface area contributed by atoms with Crippen molar-refractivity contribution < 1.29 is 9.21 Å². The first-order chi connectivity index (χ1) is 8.84. The summed E-state index contributed by atoms with van der Waals surface area (Å²) in [5.41, 5.74) is 2.62. The van der Waals surface area contributed by atoms with Gasteiger partial charge in [-0.15, -0.1) is 11.3 Å². The van der Waals surface area contributed by atoms with E-state index in [4.69, 9.17) is 4.42 Å². The molecule has 0 bridgehead atoms. The molecule has 1 atom stereocenters. The van der Waals surface area contributed by atoms with Crippen LogP contribution in [0.2, 0.25) is 0 Å². The molecular formula is C13H14N2O2S. The maximum Gasteiger partial charge on any atom is 0.229 e. The van der Waals surface area contributed by atoms with Crippen LogP contribution < -0.4 is 0 Å². The van der Waals surface area contributed by atoms with Gasteiger partial charge in [-0.2, -0.15) is 0 Å². The number of aromatic nitrogens is 1. The molecule has 2 aromatic rings. The van der Waals surface area contributed by atoms with Crippen LogP contribution in [0.25, 0.3) is 0 Å². The summed E-state index contributed by atoms with van der Waals surface area (Å²) < 4.78 is 5.43. The number of carbonyl (C=O) groups excluding carboxylic acids is 1. The van der Waals surface area contributed by atoms with Gasteiger partial charge >= 0.3 is 0 Å². The van der Waals surface area contributed by atoms with Gasteiger partial charge in [0.1, 0.15) is 5.76 Å². The average Bonchev–Trinajstić information content (AvgIpc) is 3.11. The Balaban J connectivity index is 1.73. The van der Waals surface area contributed by atoms with Gasteiger partial charge in [0.25, 0.3) is 0 Å². The highest BCUT2D eigenvalue weighted by Crippen LogP contribution is 2.32. The third-order valence-corrected chi connectivity index (χ3v) is 3.90. The van der Waals surface area contributed by atoms with Gasteiger partial charge < -0.3 is 9.32 Å². The first-order valence-electron chi connectivity index (χ1n) is 6.04. The van der Waals surface area contributed by atoms with E-state index in [0.717, 1.165) is 30.8 Å². The number of nitrogens with zero attached hydrogens (tertiary/aromatic N) is 2. The van der Waals surface area contributed by atoms with Gasteiger partial charge in [-0.25, -0.2) is 4.98 Å². The Kier molecular flexibility index (Phi) is 3.15. The molecule has 0 saturated carbocycles. The first-order valence-corrected chi connectivity index (χ1v) is 6.99. The van der Waals surface area contributed by atoms with E-state index < -0.39 is 0 Å². The molecule has 1 saturated heterocycles. The van der Waals surface area contributed by atoms with Crippen molar-refractivity contribution >= 4 is 17.2 Å². The molecular weight excluding hydrogens is 248 g/mol. The molecule has 94 valence electrons. The lowest BCUT2D eigenvalue weighted by Crippen LogP contribution is -2.31. The van der Waals surface area contributed by atoms with Gasteiger partial charge in [-0.05, 0) is 25.0 Å². The van der Waals surface area contributed by atoms with E-state index in [1.165, 1.54) is 11.3 Å². The van der Waals surface area contributed by atoms with Crippen LogP contribution in [-0.4, -0.2) is 22.3 Å². The topological polar surface area (TPSA) is 46.3 Å². The monoisotopic (exact) mass is 262 g/mol. The van der Waals surface area contributed by atoms with Gasteiger partial charge in [-0.1, -0.05) is 0 Å². The van der Waals surface area contributed by atoms with E-state index in [2.05, 4.69) is 4.98 Å². The Bertz CT molecular complexity index is 507. The van der Waals surface area contributed by atoms with Crippen LogP contribution in [0.3, 0.4) is 0 Å². The van der Waals surface area contributed by atoms with Crippen LogP contribution in [0.5, 0.6) is 0 Å². The van der Waals surface area contributed by atoms with Crippen molar-refractivity contribution in [3.63, 3.8) is 0 Å². The van der Waals surface area contributed by atoms with E-state index >= 15 is 0 Å². The van der Waals surface area contributed by atoms with Crippen molar-refractivity contribution in [2.24, 2.45) is 0 Å². The fourth-order valence-corrected chi connectivity index (χ4v) is 2.98. The number of likely N-dealkylation sites (tertiary alicyclic amines) is 1. The Morgan fingerprint density at radius 2 is 2.56 bits per heavy atom. The summed E-state index contributed by atoms with van der Waals surface area (Å²) in [7, 11) is 0. The highest BCUT2D eigenvalue weighted by atomic mass is 32.1. The Labute approximate surface area is 109 Å². The third kappa shape index (κ3) is 2.18. The van der Waals surface area contributed by atoms with Crippen LogP contribution in [0.4, 0.5) is 0 Å². The molecule has 2 aromatic heterocycles. The quantitative estimate of drug-likeness (QED) is 0.854. The number of hydrogen-bond acceptors (Lipinski definition) is 4. The zero-order chi connectivity index (χ0) is 12.4. The second-order valence-corrected chi connectivity index (χ2v) is 5.14. The standard InChI is InChI=1S/C13H14N2O2S/c16-13(7-10-8-18-9-14-10)15-5-1-3-11(15)12-4-2-6-17-12/h2,4,6,8-9,11H,1,3,5,7H2/t11-/m0/s1. The van der Waals surface area contributed by atoms with E-state index in [-0.39, 0.29) is 11.9 Å². The normalized spacial score (nSPS) is 19.3. The maximum absolute atomic E-state index is 12.3. The highest BCUT2D eigenvalue weighted by Gasteiger charge is 2.31. The molecule has 4 nitrogen and oxygen atoms in total. The molecule has 5 heteroatoms. The zero-order valence-corrected chi connectivity index (χ0v) is 10.7. The number of hydrogen-bond donors (Lipinski definition) is 0. The third-order valence-electron chi connectivity index (χ3n) is 3.26. The number of furan rings is 1. The molecule has 3 heterocycles.